The number of nitrogens with one attached hydrogen (secondary N) is 1. The molecular formula is C14H18BrN5OS. The van der Waals surface area contributed by atoms with Crippen molar-refractivity contribution in [1.82, 2.24) is 9.58 Å². The number of piperazine rings is 1. The molecule has 1 aliphatic heterocycles. The highest BCUT2D eigenvalue weighted by Gasteiger charge is 2.22. The van der Waals surface area contributed by atoms with Crippen LogP contribution in [0.25, 0.3) is 0 Å². The molecule has 0 bridgehead atoms. The Hall–Kier alpha value is -1.51. The normalized spacial score (nSPS) is 16.0. The number of nitrogen functional groups attached to an aromatic ring is 1. The fourth-order valence-electron chi connectivity index (χ4n) is 2.38. The van der Waals surface area contributed by atoms with Gasteiger partial charge >= 0.3 is 4.87 Å². The van der Waals surface area contributed by atoms with Crippen molar-refractivity contribution in [1.29, 1.82) is 0 Å². The molecule has 2 aromatic rings. The van der Waals surface area contributed by atoms with Crippen molar-refractivity contribution in [3.05, 3.63) is 38.4 Å². The van der Waals surface area contributed by atoms with Crippen LogP contribution >= 0.6 is 27.3 Å². The van der Waals surface area contributed by atoms with E-state index < -0.39 is 0 Å². The summed E-state index contributed by atoms with van der Waals surface area (Å²) in [6.07, 6.45) is 0. The van der Waals surface area contributed by atoms with Crippen molar-refractivity contribution < 1.29 is 0 Å². The third kappa shape index (κ3) is 3.13. The van der Waals surface area contributed by atoms with Crippen LogP contribution in [-0.2, 0) is 0 Å². The van der Waals surface area contributed by atoms with Gasteiger partial charge in [0.1, 0.15) is 5.00 Å². The van der Waals surface area contributed by atoms with Crippen LogP contribution in [0, 0.1) is 0 Å². The molecule has 0 amide bonds. The van der Waals surface area contributed by atoms with E-state index in [1.807, 2.05) is 24.3 Å². The third-order valence-corrected chi connectivity index (χ3v) is 5.27. The summed E-state index contributed by atoms with van der Waals surface area (Å²) in [6.45, 7) is 3.75. The van der Waals surface area contributed by atoms with Crippen molar-refractivity contribution in [3.63, 3.8) is 0 Å². The van der Waals surface area contributed by atoms with Crippen molar-refractivity contribution >= 4 is 43.8 Å². The maximum Gasteiger partial charge on any atom is 0.329 e. The van der Waals surface area contributed by atoms with Crippen molar-refractivity contribution in [3.8, 4) is 0 Å². The Morgan fingerprint density at radius 1 is 1.18 bits per heavy atom. The number of hydrogen-bond donors (Lipinski definition) is 2. The highest BCUT2D eigenvalue weighted by molar-refractivity contribution is 9.10. The molecule has 0 saturated carbocycles. The minimum absolute atomic E-state index is 0.159. The molecule has 6 nitrogen and oxygen atoms in total. The first-order valence-electron chi connectivity index (χ1n) is 7.01. The topological polar surface area (TPSA) is 66.5 Å². The molecule has 22 heavy (non-hydrogen) atoms. The van der Waals surface area contributed by atoms with Gasteiger partial charge in [0.05, 0.1) is 0 Å². The van der Waals surface area contributed by atoms with Crippen LogP contribution in [0.5, 0.6) is 0 Å². The molecule has 3 N–H and O–H groups in total. The van der Waals surface area contributed by atoms with Crippen molar-refractivity contribution in [2.45, 2.75) is 0 Å². The zero-order valence-corrected chi connectivity index (χ0v) is 14.7. The van der Waals surface area contributed by atoms with E-state index in [0.717, 1.165) is 41.3 Å². The van der Waals surface area contributed by atoms with Crippen molar-refractivity contribution in [2.75, 3.05) is 49.3 Å². The third-order valence-electron chi connectivity index (χ3n) is 3.72. The summed E-state index contributed by atoms with van der Waals surface area (Å²) in [4.78, 5) is 16.3. The minimum Gasteiger partial charge on any atom is -0.358 e. The fourth-order valence-corrected chi connectivity index (χ4v) is 3.56. The highest BCUT2D eigenvalue weighted by Crippen LogP contribution is 2.31. The lowest BCUT2D eigenvalue weighted by Gasteiger charge is -2.33. The monoisotopic (exact) mass is 383 g/mol. The average Bonchev–Trinajstić information content (AvgIpc) is 2.79. The van der Waals surface area contributed by atoms with Crippen LogP contribution in [0.2, 0.25) is 0 Å². The van der Waals surface area contributed by atoms with Gasteiger partial charge in [0.2, 0.25) is 0 Å². The fraction of sp³-hybridized carbons (Fsp3) is 0.357. The van der Waals surface area contributed by atoms with E-state index in [4.69, 9.17) is 5.84 Å². The molecule has 1 aliphatic rings. The first-order chi connectivity index (χ1) is 10.5. The van der Waals surface area contributed by atoms with E-state index in [-0.39, 0.29) is 4.87 Å². The van der Waals surface area contributed by atoms with Crippen LogP contribution < -0.4 is 20.9 Å². The van der Waals surface area contributed by atoms with Gasteiger partial charge in [0.25, 0.3) is 0 Å². The summed E-state index contributed by atoms with van der Waals surface area (Å²) < 4.78 is 2.20. The summed E-state index contributed by atoms with van der Waals surface area (Å²) in [5.41, 5.74) is 0.899. The van der Waals surface area contributed by atoms with Crippen LogP contribution in [0.15, 0.2) is 33.5 Å². The molecule has 2 heterocycles. The van der Waals surface area contributed by atoms with Crippen LogP contribution in [0.1, 0.15) is 0 Å². The van der Waals surface area contributed by atoms with Gasteiger partial charge in [-0.25, -0.2) is 0 Å². The van der Waals surface area contributed by atoms with Gasteiger partial charge in [0, 0.05) is 36.3 Å². The smallest absolute Gasteiger partial charge is 0.329 e. The Kier molecular flexibility index (Phi) is 4.42. The zero-order chi connectivity index (χ0) is 15.7. The number of hydrogen-bond acceptors (Lipinski definition) is 6. The van der Waals surface area contributed by atoms with Gasteiger partial charge in [-0.3, -0.25) is 4.79 Å². The summed E-state index contributed by atoms with van der Waals surface area (Å²) in [6, 6.07) is 7.78. The summed E-state index contributed by atoms with van der Waals surface area (Å²) in [5.74, 6) is 6.58. The van der Waals surface area contributed by atoms with E-state index in [9.17, 15) is 4.79 Å². The van der Waals surface area contributed by atoms with Crippen LogP contribution in [-0.4, -0.2) is 42.8 Å². The molecule has 0 unspecified atom stereocenters. The van der Waals surface area contributed by atoms with E-state index in [2.05, 4.69) is 38.1 Å². The molecular weight excluding hydrogens is 366 g/mol. The molecule has 3 rings (SSSR count). The molecule has 1 fully saturated rings. The number of nitrogens with zero attached hydrogens (tertiary/aromatic N) is 3. The van der Waals surface area contributed by atoms with Gasteiger partial charge < -0.3 is 21.0 Å². The summed E-state index contributed by atoms with van der Waals surface area (Å²) >= 11 is 4.60. The zero-order valence-electron chi connectivity index (χ0n) is 12.3. The predicted octanol–water partition coefficient (Wildman–Crippen LogP) is 1.88. The van der Waals surface area contributed by atoms with Gasteiger partial charge in [0.15, 0.2) is 5.82 Å². The molecule has 0 spiro atoms. The SMILES string of the molecule is CN1CCN(c2sc(=O)n(N)c2Nc2ccc(Br)cc2)CC1. The Balaban J connectivity index is 1.89. The lowest BCUT2D eigenvalue weighted by Crippen LogP contribution is -2.44. The second-order valence-corrected chi connectivity index (χ2v) is 7.17. The van der Waals surface area contributed by atoms with Crippen LogP contribution in [0.3, 0.4) is 0 Å². The maximum absolute atomic E-state index is 12.0. The number of likely N-dealkylation sites (N-methyl/N-ethyl adjacent to an activating group) is 1. The number of aromatic nitrogens is 1. The largest absolute Gasteiger partial charge is 0.358 e. The lowest BCUT2D eigenvalue weighted by atomic mass is 10.3. The molecule has 0 radical (unpaired) electrons. The Labute approximate surface area is 141 Å². The first-order valence-corrected chi connectivity index (χ1v) is 8.62. The molecule has 0 atom stereocenters. The Bertz CT molecular complexity index is 703. The van der Waals surface area contributed by atoms with E-state index in [1.165, 1.54) is 16.0 Å². The summed E-state index contributed by atoms with van der Waals surface area (Å²) in [7, 11) is 2.11. The molecule has 1 aromatic heterocycles. The molecule has 8 heteroatoms. The standard InChI is InChI=1S/C14H18BrN5OS/c1-18-6-8-19(9-7-18)13-12(20(16)14(21)22-13)17-11-4-2-10(15)3-5-11/h2-5,17H,6-9,16H2,1H3. The second kappa shape index (κ2) is 6.31. The van der Waals surface area contributed by atoms with Gasteiger partial charge in [-0.05, 0) is 31.3 Å². The number of benzene rings is 1. The molecule has 118 valence electrons. The summed E-state index contributed by atoms with van der Waals surface area (Å²) in [5, 5.41) is 4.18. The second-order valence-electron chi connectivity index (χ2n) is 5.31. The van der Waals surface area contributed by atoms with E-state index in [0.29, 0.717) is 5.82 Å². The Morgan fingerprint density at radius 2 is 1.82 bits per heavy atom. The van der Waals surface area contributed by atoms with E-state index >= 15 is 0 Å². The maximum atomic E-state index is 12.0. The number of rotatable bonds is 3. The van der Waals surface area contributed by atoms with Crippen molar-refractivity contribution in [2.24, 2.45) is 0 Å². The van der Waals surface area contributed by atoms with Gasteiger partial charge in [-0.15, -0.1) is 0 Å². The number of thiazole rings is 1. The highest BCUT2D eigenvalue weighted by atomic mass is 79.9. The molecule has 1 aromatic carbocycles. The number of nitrogens with two attached hydrogens (primary N) is 1. The van der Waals surface area contributed by atoms with Gasteiger partial charge in [-0.2, -0.15) is 4.68 Å². The average molecular weight is 384 g/mol. The van der Waals surface area contributed by atoms with Crippen LogP contribution in [0.4, 0.5) is 16.5 Å². The quantitative estimate of drug-likeness (QED) is 0.792. The predicted molar refractivity (Wildman–Crippen MR) is 95.9 cm³/mol. The lowest BCUT2D eigenvalue weighted by molar-refractivity contribution is 0.313. The number of anilines is 3. The molecule has 1 saturated heterocycles. The molecule has 0 aliphatic carbocycles. The Morgan fingerprint density at radius 3 is 2.45 bits per heavy atom. The van der Waals surface area contributed by atoms with Gasteiger partial charge in [-0.1, -0.05) is 27.3 Å². The first kappa shape index (κ1) is 15.4. The minimum atomic E-state index is -0.159. The number of halogens is 1. The van der Waals surface area contributed by atoms with E-state index in [1.54, 1.807) is 0 Å².